The minimum atomic E-state index is -4.51. The second-order valence-electron chi connectivity index (χ2n) is 5.48. The Hall–Kier alpha value is -3.49. The highest BCUT2D eigenvalue weighted by molar-refractivity contribution is 5.81. The molecule has 140 valence electrons. The molecule has 0 aliphatic heterocycles. The van der Waals surface area contributed by atoms with E-state index < -0.39 is 11.7 Å². The van der Waals surface area contributed by atoms with Gasteiger partial charge in [-0.25, -0.2) is 9.97 Å². The summed E-state index contributed by atoms with van der Waals surface area (Å²) in [7, 11) is 1.52. The normalized spacial score (nSPS) is 11.1. The van der Waals surface area contributed by atoms with Gasteiger partial charge in [0, 0.05) is 0 Å². The molecule has 0 unspecified atom stereocenters. The number of nitrogens with one attached hydrogen (secondary N) is 2. The van der Waals surface area contributed by atoms with Crippen LogP contribution in [-0.2, 0) is 6.18 Å². The number of alkyl halides is 3. The van der Waals surface area contributed by atoms with Crippen molar-refractivity contribution in [3.8, 4) is 5.75 Å². The van der Waals surface area contributed by atoms with Gasteiger partial charge in [0.05, 0.1) is 24.0 Å². The minimum absolute atomic E-state index is 0.0547. The van der Waals surface area contributed by atoms with Gasteiger partial charge in [0.2, 0.25) is 0 Å². The molecule has 4 N–H and O–H groups in total. The van der Waals surface area contributed by atoms with Gasteiger partial charge >= 0.3 is 6.18 Å². The molecule has 0 radical (unpaired) electrons. The number of nitrogen functional groups attached to an aromatic ring is 1. The number of para-hydroxylation sites is 3. The fraction of sp³-hybridized carbons (Fsp3) is 0.111. The highest BCUT2D eigenvalue weighted by atomic mass is 19.4. The van der Waals surface area contributed by atoms with Gasteiger partial charge in [-0.2, -0.15) is 13.2 Å². The first-order chi connectivity index (χ1) is 12.9. The summed E-state index contributed by atoms with van der Waals surface area (Å²) in [4.78, 5) is 8.01. The molecule has 0 bridgehead atoms. The molecule has 3 rings (SSSR count). The molecular formula is C18H16F3N5O. The van der Waals surface area contributed by atoms with E-state index in [2.05, 4.69) is 20.6 Å². The monoisotopic (exact) mass is 375 g/mol. The lowest BCUT2D eigenvalue weighted by Crippen LogP contribution is -2.10. The Morgan fingerprint density at radius 1 is 0.889 bits per heavy atom. The minimum Gasteiger partial charge on any atom is -0.495 e. The van der Waals surface area contributed by atoms with Crippen LogP contribution in [0.3, 0.4) is 0 Å². The van der Waals surface area contributed by atoms with E-state index in [0.29, 0.717) is 11.4 Å². The first-order valence-electron chi connectivity index (χ1n) is 7.84. The summed E-state index contributed by atoms with van der Waals surface area (Å²) < 4.78 is 44.8. The summed E-state index contributed by atoms with van der Waals surface area (Å²) in [6.07, 6.45) is -3.31. The van der Waals surface area contributed by atoms with Crippen molar-refractivity contribution in [1.82, 2.24) is 9.97 Å². The van der Waals surface area contributed by atoms with E-state index in [1.165, 1.54) is 31.6 Å². The van der Waals surface area contributed by atoms with Crippen LogP contribution < -0.4 is 21.1 Å². The Morgan fingerprint density at radius 2 is 1.44 bits per heavy atom. The second kappa shape index (κ2) is 7.40. The fourth-order valence-corrected chi connectivity index (χ4v) is 2.44. The van der Waals surface area contributed by atoms with Crippen LogP contribution in [0.25, 0.3) is 0 Å². The van der Waals surface area contributed by atoms with Gasteiger partial charge in [-0.1, -0.05) is 24.3 Å². The van der Waals surface area contributed by atoms with E-state index in [-0.39, 0.29) is 23.0 Å². The molecule has 1 aromatic heterocycles. The summed E-state index contributed by atoms with van der Waals surface area (Å²) in [5.41, 5.74) is 5.76. The average molecular weight is 375 g/mol. The zero-order valence-electron chi connectivity index (χ0n) is 14.2. The van der Waals surface area contributed by atoms with Crippen LogP contribution in [0.5, 0.6) is 5.75 Å². The highest BCUT2D eigenvalue weighted by Gasteiger charge is 2.33. The number of hydrogen-bond donors (Lipinski definition) is 3. The van der Waals surface area contributed by atoms with E-state index in [4.69, 9.17) is 10.5 Å². The van der Waals surface area contributed by atoms with Crippen LogP contribution in [0, 0.1) is 0 Å². The molecule has 0 aliphatic rings. The maximum atomic E-state index is 13.2. The summed E-state index contributed by atoms with van der Waals surface area (Å²) in [5.74, 6) is 0.855. The molecule has 27 heavy (non-hydrogen) atoms. The van der Waals surface area contributed by atoms with Gasteiger partial charge in [-0.3, -0.25) is 0 Å². The molecule has 9 heteroatoms. The summed E-state index contributed by atoms with van der Waals surface area (Å²) in [5, 5.41) is 5.63. The van der Waals surface area contributed by atoms with Crippen molar-refractivity contribution < 1.29 is 17.9 Å². The van der Waals surface area contributed by atoms with Gasteiger partial charge in [-0.15, -0.1) is 0 Å². The lowest BCUT2D eigenvalue weighted by molar-refractivity contribution is -0.136. The van der Waals surface area contributed by atoms with Gasteiger partial charge in [0.25, 0.3) is 0 Å². The van der Waals surface area contributed by atoms with E-state index in [9.17, 15) is 13.2 Å². The van der Waals surface area contributed by atoms with Crippen LogP contribution in [0.15, 0.2) is 54.9 Å². The van der Waals surface area contributed by atoms with E-state index in [1.54, 1.807) is 24.3 Å². The first-order valence-corrected chi connectivity index (χ1v) is 7.84. The van der Waals surface area contributed by atoms with E-state index >= 15 is 0 Å². The molecule has 0 saturated heterocycles. The average Bonchev–Trinajstić information content (AvgIpc) is 2.65. The number of ether oxygens (including phenoxy) is 1. The van der Waals surface area contributed by atoms with Crippen molar-refractivity contribution in [3.63, 3.8) is 0 Å². The topological polar surface area (TPSA) is 85.1 Å². The zero-order chi connectivity index (χ0) is 19.4. The molecule has 1 heterocycles. The number of halogens is 3. The predicted octanol–water partition coefficient (Wildman–Crippen LogP) is 4.57. The van der Waals surface area contributed by atoms with Gasteiger partial charge in [-0.05, 0) is 24.3 Å². The first kappa shape index (κ1) is 18.3. The van der Waals surface area contributed by atoms with Gasteiger partial charge in [0.15, 0.2) is 11.6 Å². The van der Waals surface area contributed by atoms with Crippen LogP contribution in [0.2, 0.25) is 0 Å². The number of rotatable bonds is 5. The third-order valence-electron chi connectivity index (χ3n) is 3.73. The lowest BCUT2D eigenvalue weighted by Gasteiger charge is -2.16. The highest BCUT2D eigenvalue weighted by Crippen LogP contribution is 2.37. The smallest absolute Gasteiger partial charge is 0.418 e. The molecule has 3 aromatic rings. The SMILES string of the molecule is COc1ccccc1Nc1ncnc(Nc2ccccc2C(F)(F)F)c1N. The maximum Gasteiger partial charge on any atom is 0.418 e. The molecule has 0 aliphatic carbocycles. The van der Waals surface area contributed by atoms with Crippen LogP contribution >= 0.6 is 0 Å². The van der Waals surface area contributed by atoms with Crippen molar-refractivity contribution >= 4 is 28.7 Å². The number of anilines is 5. The standard InChI is InChI=1S/C18H16F3N5O/c1-27-14-9-5-4-8-13(14)26-17-15(22)16(23-10-24-17)25-12-7-3-2-6-11(12)18(19,20)21/h2-10H,22H2,1H3,(H2,23,24,25,26). The Labute approximate surface area is 153 Å². The largest absolute Gasteiger partial charge is 0.495 e. The van der Waals surface area contributed by atoms with Crippen molar-refractivity contribution in [2.45, 2.75) is 6.18 Å². The third-order valence-corrected chi connectivity index (χ3v) is 3.73. The number of nitrogens with two attached hydrogens (primary N) is 1. The van der Waals surface area contributed by atoms with Crippen LogP contribution in [0.4, 0.5) is 41.9 Å². The quantitative estimate of drug-likeness (QED) is 0.606. The van der Waals surface area contributed by atoms with Crippen molar-refractivity contribution in [3.05, 3.63) is 60.4 Å². The molecule has 0 fully saturated rings. The van der Waals surface area contributed by atoms with Crippen molar-refractivity contribution in [2.24, 2.45) is 0 Å². The maximum absolute atomic E-state index is 13.2. The van der Waals surface area contributed by atoms with E-state index in [1.807, 2.05) is 0 Å². The summed E-state index contributed by atoms with van der Waals surface area (Å²) in [6, 6.07) is 12.2. The predicted molar refractivity (Wildman–Crippen MR) is 97.4 cm³/mol. The lowest BCUT2D eigenvalue weighted by atomic mass is 10.1. The molecule has 6 nitrogen and oxygen atoms in total. The number of methoxy groups -OCH3 is 1. The van der Waals surface area contributed by atoms with E-state index in [0.717, 1.165) is 6.07 Å². The molecule has 2 aromatic carbocycles. The summed E-state index contributed by atoms with van der Waals surface area (Å²) in [6.45, 7) is 0. The van der Waals surface area contributed by atoms with Gasteiger partial charge in [0.1, 0.15) is 17.8 Å². The number of aromatic nitrogens is 2. The van der Waals surface area contributed by atoms with Crippen molar-refractivity contribution in [1.29, 1.82) is 0 Å². The summed E-state index contributed by atoms with van der Waals surface area (Å²) >= 11 is 0. The number of nitrogens with zero attached hydrogens (tertiary/aromatic N) is 2. The Balaban J connectivity index is 1.93. The molecule has 0 atom stereocenters. The molecule has 0 spiro atoms. The van der Waals surface area contributed by atoms with Gasteiger partial charge < -0.3 is 21.1 Å². The Morgan fingerprint density at radius 3 is 2.07 bits per heavy atom. The Kier molecular flexibility index (Phi) is 5.02. The van der Waals surface area contributed by atoms with Crippen LogP contribution in [-0.4, -0.2) is 17.1 Å². The zero-order valence-corrected chi connectivity index (χ0v) is 14.2. The molecular weight excluding hydrogens is 359 g/mol. The third kappa shape index (κ3) is 4.02. The van der Waals surface area contributed by atoms with Crippen molar-refractivity contribution in [2.75, 3.05) is 23.5 Å². The molecule has 0 saturated carbocycles. The van der Waals surface area contributed by atoms with Crippen LogP contribution in [0.1, 0.15) is 5.56 Å². The Bertz CT molecular complexity index is 946. The second-order valence-corrected chi connectivity index (χ2v) is 5.48. The number of hydrogen-bond acceptors (Lipinski definition) is 6. The number of benzene rings is 2. The molecule has 0 amide bonds. The fourth-order valence-electron chi connectivity index (χ4n) is 2.44.